The van der Waals surface area contributed by atoms with Gasteiger partial charge in [0.2, 0.25) is 0 Å². The maximum atomic E-state index is 10.7. The van der Waals surface area contributed by atoms with Crippen LogP contribution < -0.4 is 0 Å². The van der Waals surface area contributed by atoms with Gasteiger partial charge in [0.25, 0.3) is 0 Å². The minimum Gasteiger partial charge on any atom is -0.481 e. The zero-order chi connectivity index (χ0) is 9.42. The monoisotopic (exact) mass is 180 g/mol. The number of carboxylic acid groups (broad SMARTS) is 1. The molecule has 2 rings (SSSR count). The van der Waals surface area contributed by atoms with E-state index in [2.05, 4.69) is 5.10 Å². The second-order valence-electron chi connectivity index (χ2n) is 3.53. The van der Waals surface area contributed by atoms with E-state index in [0.29, 0.717) is 12.8 Å². The molecular formula is C9H12N2O2. The van der Waals surface area contributed by atoms with Gasteiger partial charge in [-0.2, -0.15) is 5.10 Å². The Balaban J connectivity index is 2.24. The van der Waals surface area contributed by atoms with Crippen LogP contribution in [0.5, 0.6) is 0 Å². The molecule has 1 unspecified atom stereocenters. The van der Waals surface area contributed by atoms with Gasteiger partial charge < -0.3 is 5.11 Å². The van der Waals surface area contributed by atoms with Gasteiger partial charge in [-0.1, -0.05) is 0 Å². The molecule has 4 heteroatoms. The number of hydrogen-bond donors (Lipinski definition) is 1. The molecule has 1 N–H and O–H groups in total. The van der Waals surface area contributed by atoms with E-state index in [1.165, 1.54) is 0 Å². The van der Waals surface area contributed by atoms with Crippen molar-refractivity contribution >= 4 is 5.97 Å². The Kier molecular flexibility index (Phi) is 1.83. The van der Waals surface area contributed by atoms with Crippen LogP contribution in [0.15, 0.2) is 6.07 Å². The molecule has 1 aliphatic heterocycles. The Bertz CT molecular complexity index is 343. The molecule has 0 spiro atoms. The van der Waals surface area contributed by atoms with E-state index >= 15 is 0 Å². The van der Waals surface area contributed by atoms with Gasteiger partial charge in [-0.3, -0.25) is 9.48 Å². The molecule has 1 aliphatic rings. The highest BCUT2D eigenvalue weighted by Gasteiger charge is 2.24. The summed E-state index contributed by atoms with van der Waals surface area (Å²) in [6.45, 7) is 2.67. The lowest BCUT2D eigenvalue weighted by atomic mass is 9.96. The number of aryl methyl sites for hydroxylation is 2. The molecule has 0 radical (unpaired) electrons. The van der Waals surface area contributed by atoms with Crippen molar-refractivity contribution in [1.82, 2.24) is 9.78 Å². The molecule has 1 aromatic heterocycles. The molecule has 0 bridgehead atoms. The quantitative estimate of drug-likeness (QED) is 0.696. The summed E-state index contributed by atoms with van der Waals surface area (Å²) in [4.78, 5) is 10.7. The summed E-state index contributed by atoms with van der Waals surface area (Å²) in [6.07, 6.45) is 1.32. The van der Waals surface area contributed by atoms with Gasteiger partial charge in [-0.05, 0) is 19.4 Å². The van der Waals surface area contributed by atoms with E-state index in [1.54, 1.807) is 0 Å². The highest BCUT2D eigenvalue weighted by molar-refractivity contribution is 5.70. The Morgan fingerprint density at radius 2 is 2.54 bits per heavy atom. The van der Waals surface area contributed by atoms with Crippen LogP contribution in [0.3, 0.4) is 0 Å². The third-order valence-corrected chi connectivity index (χ3v) is 2.48. The summed E-state index contributed by atoms with van der Waals surface area (Å²) in [5.74, 6) is -0.909. The molecule has 4 nitrogen and oxygen atoms in total. The molecule has 0 saturated carbocycles. The van der Waals surface area contributed by atoms with E-state index in [1.807, 2.05) is 17.7 Å². The minimum atomic E-state index is -0.690. The van der Waals surface area contributed by atoms with Crippen molar-refractivity contribution in [3.63, 3.8) is 0 Å². The summed E-state index contributed by atoms with van der Waals surface area (Å²) in [7, 11) is 0. The molecule has 0 fully saturated rings. The van der Waals surface area contributed by atoms with Crippen molar-refractivity contribution < 1.29 is 9.90 Å². The molecule has 13 heavy (non-hydrogen) atoms. The zero-order valence-electron chi connectivity index (χ0n) is 7.53. The minimum absolute atomic E-state index is 0.219. The van der Waals surface area contributed by atoms with Crippen molar-refractivity contribution in [2.75, 3.05) is 0 Å². The first-order valence-corrected chi connectivity index (χ1v) is 4.43. The third-order valence-electron chi connectivity index (χ3n) is 2.48. The van der Waals surface area contributed by atoms with Crippen LogP contribution in [0, 0.1) is 12.8 Å². The Morgan fingerprint density at radius 1 is 1.77 bits per heavy atom. The van der Waals surface area contributed by atoms with Crippen molar-refractivity contribution in [1.29, 1.82) is 0 Å². The number of rotatable bonds is 1. The first kappa shape index (κ1) is 8.29. The summed E-state index contributed by atoms with van der Waals surface area (Å²) >= 11 is 0. The summed E-state index contributed by atoms with van der Waals surface area (Å²) < 4.78 is 1.91. The predicted octanol–water partition coefficient (Wildman–Crippen LogP) is 0.839. The van der Waals surface area contributed by atoms with E-state index < -0.39 is 5.97 Å². The topological polar surface area (TPSA) is 55.1 Å². The summed E-state index contributed by atoms with van der Waals surface area (Å²) in [6, 6.07) is 1.97. The molecule has 0 amide bonds. The SMILES string of the molecule is Cc1cc2n(n1)CCC(C(=O)O)C2. The van der Waals surface area contributed by atoms with Gasteiger partial charge >= 0.3 is 5.97 Å². The average Bonchev–Trinajstić information content (AvgIpc) is 2.42. The molecule has 2 heterocycles. The van der Waals surface area contributed by atoms with Crippen LogP contribution in [0.4, 0.5) is 0 Å². The van der Waals surface area contributed by atoms with Crippen molar-refractivity contribution in [3.05, 3.63) is 17.5 Å². The van der Waals surface area contributed by atoms with Crippen LogP contribution in [0.1, 0.15) is 17.8 Å². The van der Waals surface area contributed by atoms with Crippen LogP contribution in [-0.4, -0.2) is 20.9 Å². The maximum Gasteiger partial charge on any atom is 0.306 e. The van der Waals surface area contributed by atoms with Crippen molar-refractivity contribution in [3.8, 4) is 0 Å². The molecule has 0 aliphatic carbocycles. The highest BCUT2D eigenvalue weighted by atomic mass is 16.4. The van der Waals surface area contributed by atoms with Crippen LogP contribution in [0.25, 0.3) is 0 Å². The average molecular weight is 180 g/mol. The number of aromatic nitrogens is 2. The van der Waals surface area contributed by atoms with E-state index in [0.717, 1.165) is 17.9 Å². The van der Waals surface area contributed by atoms with Gasteiger partial charge in [0.05, 0.1) is 11.6 Å². The predicted molar refractivity (Wildman–Crippen MR) is 46.4 cm³/mol. The van der Waals surface area contributed by atoms with Gasteiger partial charge in [0, 0.05) is 18.7 Å². The normalized spacial score (nSPS) is 21.2. The van der Waals surface area contributed by atoms with Crippen molar-refractivity contribution in [2.45, 2.75) is 26.3 Å². The Labute approximate surface area is 76.2 Å². The van der Waals surface area contributed by atoms with Crippen LogP contribution in [0.2, 0.25) is 0 Å². The van der Waals surface area contributed by atoms with E-state index in [4.69, 9.17) is 5.11 Å². The molecular weight excluding hydrogens is 168 g/mol. The molecule has 0 saturated heterocycles. The smallest absolute Gasteiger partial charge is 0.306 e. The first-order chi connectivity index (χ1) is 6.16. The van der Waals surface area contributed by atoms with Crippen LogP contribution >= 0.6 is 0 Å². The largest absolute Gasteiger partial charge is 0.481 e. The van der Waals surface area contributed by atoms with E-state index in [9.17, 15) is 4.79 Å². The number of hydrogen-bond acceptors (Lipinski definition) is 2. The van der Waals surface area contributed by atoms with E-state index in [-0.39, 0.29) is 5.92 Å². The fourth-order valence-electron chi connectivity index (χ4n) is 1.80. The standard InChI is InChI=1S/C9H12N2O2/c1-6-4-8-5-7(9(12)13)2-3-11(8)10-6/h4,7H,2-3,5H2,1H3,(H,12,13). The lowest BCUT2D eigenvalue weighted by Crippen LogP contribution is -2.25. The highest BCUT2D eigenvalue weighted by Crippen LogP contribution is 2.20. The molecule has 70 valence electrons. The number of nitrogens with zero attached hydrogens (tertiary/aromatic N) is 2. The second kappa shape index (κ2) is 2.87. The lowest BCUT2D eigenvalue weighted by Gasteiger charge is -2.19. The first-order valence-electron chi connectivity index (χ1n) is 4.43. The number of fused-ring (bicyclic) bond motifs is 1. The molecule has 0 aromatic carbocycles. The summed E-state index contributed by atoms with van der Waals surface area (Å²) in [5.41, 5.74) is 2.03. The fourth-order valence-corrected chi connectivity index (χ4v) is 1.80. The Hall–Kier alpha value is -1.32. The number of carboxylic acids is 1. The fraction of sp³-hybridized carbons (Fsp3) is 0.556. The molecule has 1 atom stereocenters. The number of carbonyl (C=O) groups is 1. The van der Waals surface area contributed by atoms with Gasteiger partial charge in [-0.25, -0.2) is 0 Å². The summed E-state index contributed by atoms with van der Waals surface area (Å²) in [5, 5.41) is 13.1. The van der Waals surface area contributed by atoms with Gasteiger partial charge in [-0.15, -0.1) is 0 Å². The zero-order valence-corrected chi connectivity index (χ0v) is 7.53. The molecule has 1 aromatic rings. The third kappa shape index (κ3) is 1.43. The lowest BCUT2D eigenvalue weighted by molar-refractivity contribution is -0.142. The van der Waals surface area contributed by atoms with Gasteiger partial charge in [0.15, 0.2) is 0 Å². The Morgan fingerprint density at radius 3 is 3.23 bits per heavy atom. The van der Waals surface area contributed by atoms with Crippen LogP contribution in [-0.2, 0) is 17.8 Å². The maximum absolute atomic E-state index is 10.7. The van der Waals surface area contributed by atoms with Crippen molar-refractivity contribution in [2.24, 2.45) is 5.92 Å². The second-order valence-corrected chi connectivity index (χ2v) is 3.53. The number of aliphatic carboxylic acids is 1. The van der Waals surface area contributed by atoms with Gasteiger partial charge in [0.1, 0.15) is 0 Å².